The van der Waals surface area contributed by atoms with Gasteiger partial charge in [0.1, 0.15) is 5.75 Å². The highest BCUT2D eigenvalue weighted by atomic mass is 16.5. The molecule has 0 aliphatic carbocycles. The number of carbonyl (C=O) groups is 1. The Morgan fingerprint density at radius 3 is 2.81 bits per heavy atom. The van der Waals surface area contributed by atoms with E-state index in [1.807, 2.05) is 37.3 Å². The third-order valence-corrected chi connectivity index (χ3v) is 3.40. The van der Waals surface area contributed by atoms with E-state index in [0.717, 1.165) is 30.8 Å². The van der Waals surface area contributed by atoms with E-state index in [4.69, 9.17) is 4.74 Å². The number of rotatable bonds is 4. The average molecular weight is 286 g/mol. The quantitative estimate of drug-likeness (QED) is 0.805. The average Bonchev–Trinajstić information content (AvgIpc) is 3.13. The number of amides is 1. The van der Waals surface area contributed by atoms with Crippen LogP contribution in [0.4, 0.5) is 5.69 Å². The number of benzene rings is 1. The lowest BCUT2D eigenvalue weighted by Gasteiger charge is -2.11. The number of nitrogens with zero attached hydrogens (tertiary/aromatic N) is 1. The predicted octanol–water partition coefficient (Wildman–Crippen LogP) is 2.20. The van der Waals surface area contributed by atoms with Crippen LogP contribution >= 0.6 is 0 Å². The summed E-state index contributed by atoms with van der Waals surface area (Å²) in [5, 5.41) is 12.9. The van der Waals surface area contributed by atoms with Gasteiger partial charge in [-0.3, -0.25) is 9.89 Å². The molecule has 0 saturated carbocycles. The van der Waals surface area contributed by atoms with Gasteiger partial charge in [0.05, 0.1) is 6.04 Å². The Kier molecular flexibility index (Phi) is 3.87. The van der Waals surface area contributed by atoms with Crippen LogP contribution in [0.15, 0.2) is 30.3 Å². The molecule has 110 valence electrons. The standard InChI is InChI=1S/C15H18N4O2/c1-10-9-14(19-18-10)21-12-6-4-11(5-7-12)17-15(20)13-3-2-8-16-13/h4-7,9,13,16H,2-3,8H2,1H3,(H,17,20)(H,18,19). The molecule has 6 heteroatoms. The second-order valence-electron chi connectivity index (χ2n) is 5.15. The summed E-state index contributed by atoms with van der Waals surface area (Å²) >= 11 is 0. The first-order valence-corrected chi connectivity index (χ1v) is 7.05. The van der Waals surface area contributed by atoms with Gasteiger partial charge in [-0.05, 0) is 50.6 Å². The van der Waals surface area contributed by atoms with Gasteiger partial charge in [-0.25, -0.2) is 0 Å². The highest BCUT2D eigenvalue weighted by molar-refractivity contribution is 5.95. The molecule has 0 radical (unpaired) electrons. The lowest BCUT2D eigenvalue weighted by atomic mass is 10.2. The SMILES string of the molecule is Cc1cc(Oc2ccc(NC(=O)C3CCCN3)cc2)n[nH]1. The van der Waals surface area contributed by atoms with Crippen LogP contribution in [0.5, 0.6) is 11.6 Å². The second-order valence-corrected chi connectivity index (χ2v) is 5.15. The van der Waals surface area contributed by atoms with Crippen molar-refractivity contribution in [3.8, 4) is 11.6 Å². The van der Waals surface area contributed by atoms with Gasteiger partial charge in [-0.2, -0.15) is 0 Å². The number of hydrogen-bond acceptors (Lipinski definition) is 4. The lowest BCUT2D eigenvalue weighted by Crippen LogP contribution is -2.35. The normalized spacial score (nSPS) is 17.7. The molecule has 1 fully saturated rings. The first kappa shape index (κ1) is 13.6. The van der Waals surface area contributed by atoms with Gasteiger partial charge in [0.15, 0.2) is 0 Å². The van der Waals surface area contributed by atoms with Crippen LogP contribution in [0.25, 0.3) is 0 Å². The van der Waals surface area contributed by atoms with Gasteiger partial charge in [0.25, 0.3) is 0 Å². The molecule has 3 rings (SSSR count). The zero-order valence-corrected chi connectivity index (χ0v) is 11.8. The van der Waals surface area contributed by atoms with Crippen LogP contribution in [-0.4, -0.2) is 28.7 Å². The number of ether oxygens (including phenoxy) is 1. The highest BCUT2D eigenvalue weighted by Gasteiger charge is 2.21. The zero-order chi connectivity index (χ0) is 14.7. The van der Waals surface area contributed by atoms with Crippen molar-refractivity contribution in [3.63, 3.8) is 0 Å². The van der Waals surface area contributed by atoms with Crippen LogP contribution < -0.4 is 15.4 Å². The molecule has 1 amide bonds. The number of carbonyl (C=O) groups excluding carboxylic acids is 1. The second kappa shape index (κ2) is 5.97. The summed E-state index contributed by atoms with van der Waals surface area (Å²) in [6.07, 6.45) is 1.94. The number of anilines is 1. The van der Waals surface area contributed by atoms with Crippen molar-refractivity contribution in [1.82, 2.24) is 15.5 Å². The first-order valence-electron chi connectivity index (χ1n) is 7.05. The Morgan fingerprint density at radius 1 is 1.38 bits per heavy atom. The van der Waals surface area contributed by atoms with E-state index in [1.165, 1.54) is 0 Å². The number of aryl methyl sites for hydroxylation is 1. The minimum atomic E-state index is -0.0760. The van der Waals surface area contributed by atoms with Crippen molar-refractivity contribution in [2.75, 3.05) is 11.9 Å². The van der Waals surface area contributed by atoms with E-state index in [0.29, 0.717) is 11.6 Å². The fraction of sp³-hybridized carbons (Fsp3) is 0.333. The maximum Gasteiger partial charge on any atom is 0.241 e. The molecule has 6 nitrogen and oxygen atoms in total. The Labute approximate surface area is 122 Å². The summed E-state index contributed by atoms with van der Waals surface area (Å²) in [5.41, 5.74) is 1.71. The summed E-state index contributed by atoms with van der Waals surface area (Å²) in [6, 6.07) is 9.00. The minimum absolute atomic E-state index is 0.0177. The summed E-state index contributed by atoms with van der Waals surface area (Å²) in [6.45, 7) is 2.82. The van der Waals surface area contributed by atoms with Gasteiger partial charge < -0.3 is 15.4 Å². The first-order chi connectivity index (χ1) is 10.2. The predicted molar refractivity (Wildman–Crippen MR) is 79.5 cm³/mol. The van der Waals surface area contributed by atoms with Crippen LogP contribution in [0.2, 0.25) is 0 Å². The van der Waals surface area contributed by atoms with Crippen LogP contribution in [-0.2, 0) is 4.79 Å². The maximum absolute atomic E-state index is 12.0. The largest absolute Gasteiger partial charge is 0.438 e. The summed E-state index contributed by atoms with van der Waals surface area (Å²) < 4.78 is 5.59. The van der Waals surface area contributed by atoms with E-state index in [-0.39, 0.29) is 11.9 Å². The molecule has 2 heterocycles. The van der Waals surface area contributed by atoms with Crippen molar-refractivity contribution < 1.29 is 9.53 Å². The van der Waals surface area contributed by atoms with E-state index >= 15 is 0 Å². The topological polar surface area (TPSA) is 79.0 Å². The lowest BCUT2D eigenvalue weighted by molar-refractivity contribution is -0.117. The van der Waals surface area contributed by atoms with Crippen molar-refractivity contribution >= 4 is 11.6 Å². The van der Waals surface area contributed by atoms with Crippen LogP contribution in [0.3, 0.4) is 0 Å². The minimum Gasteiger partial charge on any atom is -0.438 e. The number of H-pyrrole nitrogens is 1. The fourth-order valence-electron chi connectivity index (χ4n) is 2.31. The molecule has 0 bridgehead atoms. The molecule has 1 aliphatic rings. The van der Waals surface area contributed by atoms with Crippen LogP contribution in [0, 0.1) is 6.92 Å². The molecule has 0 spiro atoms. The third-order valence-electron chi connectivity index (χ3n) is 3.40. The van der Waals surface area contributed by atoms with Gasteiger partial charge in [0, 0.05) is 17.4 Å². The van der Waals surface area contributed by atoms with Crippen molar-refractivity contribution in [2.24, 2.45) is 0 Å². The molecular formula is C15H18N4O2. The van der Waals surface area contributed by atoms with Gasteiger partial charge >= 0.3 is 0 Å². The number of aromatic amines is 1. The summed E-state index contributed by atoms with van der Waals surface area (Å²) in [4.78, 5) is 12.0. The summed E-state index contributed by atoms with van der Waals surface area (Å²) in [7, 11) is 0. The van der Waals surface area contributed by atoms with E-state index in [9.17, 15) is 4.79 Å². The van der Waals surface area contributed by atoms with E-state index in [1.54, 1.807) is 0 Å². The van der Waals surface area contributed by atoms with Gasteiger partial charge in [-0.1, -0.05) is 0 Å². The molecule has 1 aromatic heterocycles. The highest BCUT2D eigenvalue weighted by Crippen LogP contribution is 2.22. The van der Waals surface area contributed by atoms with Crippen molar-refractivity contribution in [1.29, 1.82) is 0 Å². The molecule has 1 unspecified atom stereocenters. The Hall–Kier alpha value is -2.34. The number of hydrogen-bond donors (Lipinski definition) is 3. The monoisotopic (exact) mass is 286 g/mol. The molecule has 1 saturated heterocycles. The van der Waals surface area contributed by atoms with Crippen molar-refractivity contribution in [3.05, 3.63) is 36.0 Å². The van der Waals surface area contributed by atoms with Crippen molar-refractivity contribution in [2.45, 2.75) is 25.8 Å². The van der Waals surface area contributed by atoms with E-state index in [2.05, 4.69) is 20.8 Å². The smallest absolute Gasteiger partial charge is 0.241 e. The molecule has 2 aromatic rings. The molecule has 21 heavy (non-hydrogen) atoms. The number of aromatic nitrogens is 2. The molecule has 1 aromatic carbocycles. The molecule has 3 N–H and O–H groups in total. The Bertz CT molecular complexity index is 615. The maximum atomic E-state index is 12.0. The summed E-state index contributed by atoms with van der Waals surface area (Å²) in [5.74, 6) is 1.22. The van der Waals surface area contributed by atoms with Crippen LogP contribution in [0.1, 0.15) is 18.5 Å². The number of nitrogens with one attached hydrogen (secondary N) is 3. The van der Waals surface area contributed by atoms with Gasteiger partial charge in [0.2, 0.25) is 11.8 Å². The van der Waals surface area contributed by atoms with Gasteiger partial charge in [-0.15, -0.1) is 5.10 Å². The zero-order valence-electron chi connectivity index (χ0n) is 11.8. The molecular weight excluding hydrogens is 268 g/mol. The molecule has 1 aliphatic heterocycles. The fourth-order valence-corrected chi connectivity index (χ4v) is 2.31. The van der Waals surface area contributed by atoms with E-state index < -0.39 is 0 Å². The molecule has 1 atom stereocenters. The Morgan fingerprint density at radius 2 is 2.19 bits per heavy atom. The Balaban J connectivity index is 1.59. The third kappa shape index (κ3) is 3.41.